The van der Waals surface area contributed by atoms with Gasteiger partial charge < -0.3 is 20.5 Å². The van der Waals surface area contributed by atoms with Gasteiger partial charge in [-0.15, -0.1) is 0 Å². The monoisotopic (exact) mass is 238 g/mol. The highest BCUT2D eigenvalue weighted by Crippen LogP contribution is 2.29. The Hall–Kier alpha value is -1.91. The zero-order valence-corrected chi connectivity index (χ0v) is 10.3. The smallest absolute Gasteiger partial charge is 0.219 e. The normalized spacial score (nSPS) is 11.7. The van der Waals surface area contributed by atoms with E-state index in [4.69, 9.17) is 15.2 Å². The van der Waals surface area contributed by atoms with E-state index in [0.717, 1.165) is 11.4 Å². The summed E-state index contributed by atoms with van der Waals surface area (Å²) in [6, 6.07) is 5.37. The Morgan fingerprint density at radius 3 is 2.65 bits per heavy atom. The molecule has 0 saturated heterocycles. The number of primary amides is 1. The molecule has 5 nitrogen and oxygen atoms in total. The lowest BCUT2D eigenvalue weighted by atomic mass is 10.2. The number of rotatable bonds is 6. The number of carbonyl (C=O) groups excluding carboxylic acids is 1. The van der Waals surface area contributed by atoms with Crippen molar-refractivity contribution in [2.45, 2.75) is 19.4 Å². The highest BCUT2D eigenvalue weighted by molar-refractivity contribution is 5.75. The summed E-state index contributed by atoms with van der Waals surface area (Å²) in [6.45, 7) is 1.88. The van der Waals surface area contributed by atoms with Crippen LogP contribution < -0.4 is 20.5 Å². The average molecular weight is 238 g/mol. The molecule has 0 bridgehead atoms. The van der Waals surface area contributed by atoms with E-state index in [1.165, 1.54) is 0 Å². The number of hydrogen-bond donors (Lipinski definition) is 2. The fourth-order valence-corrected chi connectivity index (χ4v) is 1.55. The van der Waals surface area contributed by atoms with Crippen molar-refractivity contribution >= 4 is 11.6 Å². The number of carbonyl (C=O) groups is 1. The molecule has 0 aliphatic rings. The molecule has 0 aliphatic carbocycles. The van der Waals surface area contributed by atoms with Crippen LogP contribution in [-0.4, -0.2) is 26.2 Å². The number of amides is 1. The Morgan fingerprint density at radius 2 is 2.12 bits per heavy atom. The first-order chi connectivity index (χ1) is 8.06. The van der Waals surface area contributed by atoms with E-state index in [9.17, 15) is 4.79 Å². The fraction of sp³-hybridized carbons (Fsp3) is 0.417. The number of methoxy groups -OCH3 is 2. The maximum Gasteiger partial charge on any atom is 0.219 e. The minimum Gasteiger partial charge on any atom is -0.497 e. The molecule has 1 atom stereocenters. The van der Waals surface area contributed by atoms with Crippen molar-refractivity contribution in [3.63, 3.8) is 0 Å². The Bertz CT molecular complexity index is 393. The van der Waals surface area contributed by atoms with E-state index in [0.29, 0.717) is 5.75 Å². The first-order valence-corrected chi connectivity index (χ1v) is 5.33. The van der Waals surface area contributed by atoms with Crippen molar-refractivity contribution in [3.05, 3.63) is 18.2 Å². The molecule has 5 heteroatoms. The molecule has 1 aromatic carbocycles. The molecule has 94 valence electrons. The minimum atomic E-state index is -0.341. The van der Waals surface area contributed by atoms with Gasteiger partial charge in [0.15, 0.2) is 0 Å². The van der Waals surface area contributed by atoms with Crippen molar-refractivity contribution in [3.8, 4) is 11.5 Å². The van der Waals surface area contributed by atoms with Crippen LogP contribution in [0.2, 0.25) is 0 Å². The van der Waals surface area contributed by atoms with E-state index in [1.807, 2.05) is 19.1 Å². The number of nitrogens with two attached hydrogens (primary N) is 1. The van der Waals surface area contributed by atoms with Gasteiger partial charge in [-0.2, -0.15) is 0 Å². The summed E-state index contributed by atoms with van der Waals surface area (Å²) in [5.74, 6) is 1.08. The minimum absolute atomic E-state index is 0.0616. The summed E-state index contributed by atoms with van der Waals surface area (Å²) < 4.78 is 10.3. The summed E-state index contributed by atoms with van der Waals surface area (Å²) >= 11 is 0. The molecule has 0 aromatic heterocycles. The summed E-state index contributed by atoms with van der Waals surface area (Å²) in [5, 5.41) is 3.16. The van der Waals surface area contributed by atoms with Gasteiger partial charge in [0.1, 0.15) is 11.5 Å². The number of hydrogen-bond acceptors (Lipinski definition) is 4. The second-order valence-electron chi connectivity index (χ2n) is 3.78. The highest BCUT2D eigenvalue weighted by atomic mass is 16.5. The lowest BCUT2D eigenvalue weighted by Gasteiger charge is -2.17. The number of nitrogens with one attached hydrogen (secondary N) is 1. The quantitative estimate of drug-likeness (QED) is 0.785. The predicted molar refractivity (Wildman–Crippen MR) is 66.4 cm³/mol. The van der Waals surface area contributed by atoms with Crippen molar-refractivity contribution in [1.82, 2.24) is 0 Å². The molecule has 0 spiro atoms. The predicted octanol–water partition coefficient (Wildman–Crippen LogP) is 1.38. The van der Waals surface area contributed by atoms with Gasteiger partial charge in [-0.3, -0.25) is 4.79 Å². The Kier molecular flexibility index (Phi) is 4.63. The van der Waals surface area contributed by atoms with Crippen LogP contribution in [0.4, 0.5) is 5.69 Å². The molecule has 1 amide bonds. The molecule has 3 N–H and O–H groups in total. The van der Waals surface area contributed by atoms with Crippen molar-refractivity contribution in [1.29, 1.82) is 0 Å². The van der Waals surface area contributed by atoms with Crippen LogP contribution >= 0.6 is 0 Å². The zero-order valence-electron chi connectivity index (χ0n) is 10.3. The van der Waals surface area contributed by atoms with Crippen molar-refractivity contribution < 1.29 is 14.3 Å². The molecular formula is C12H18N2O3. The Morgan fingerprint density at radius 1 is 1.41 bits per heavy atom. The van der Waals surface area contributed by atoms with Gasteiger partial charge in [0, 0.05) is 18.5 Å². The standard InChI is InChI=1S/C12H18N2O3/c1-8(6-12(13)15)14-10-7-9(16-2)4-5-11(10)17-3/h4-5,7-8,14H,6H2,1-3H3,(H2,13,15). The van der Waals surface area contributed by atoms with E-state index in [1.54, 1.807) is 20.3 Å². The summed E-state index contributed by atoms with van der Waals surface area (Å²) in [6.07, 6.45) is 0.264. The maximum absolute atomic E-state index is 10.8. The van der Waals surface area contributed by atoms with Crippen molar-refractivity contribution in [2.75, 3.05) is 19.5 Å². The first kappa shape index (κ1) is 13.2. The number of benzene rings is 1. The molecule has 0 radical (unpaired) electrons. The Labute approximate surface area is 101 Å². The van der Waals surface area contributed by atoms with Crippen LogP contribution in [0.1, 0.15) is 13.3 Å². The molecule has 17 heavy (non-hydrogen) atoms. The molecule has 0 heterocycles. The van der Waals surface area contributed by atoms with Crippen molar-refractivity contribution in [2.24, 2.45) is 5.73 Å². The molecular weight excluding hydrogens is 220 g/mol. The van der Waals surface area contributed by atoms with Crippen LogP contribution in [0.5, 0.6) is 11.5 Å². The second kappa shape index (κ2) is 5.98. The summed E-state index contributed by atoms with van der Waals surface area (Å²) in [5.41, 5.74) is 5.92. The SMILES string of the molecule is COc1ccc(OC)c(NC(C)CC(N)=O)c1. The molecule has 1 rings (SSSR count). The van der Waals surface area contributed by atoms with Crippen LogP contribution in [0.3, 0.4) is 0 Å². The summed E-state index contributed by atoms with van der Waals surface area (Å²) in [4.78, 5) is 10.8. The van der Waals surface area contributed by atoms with Crippen LogP contribution in [-0.2, 0) is 4.79 Å². The third-order valence-corrected chi connectivity index (χ3v) is 2.32. The van der Waals surface area contributed by atoms with Crippen LogP contribution in [0.25, 0.3) is 0 Å². The molecule has 0 aliphatic heterocycles. The molecule has 1 unspecified atom stereocenters. The van der Waals surface area contributed by atoms with E-state index < -0.39 is 0 Å². The number of ether oxygens (including phenoxy) is 2. The van der Waals surface area contributed by atoms with Gasteiger partial charge in [-0.05, 0) is 19.1 Å². The topological polar surface area (TPSA) is 73.6 Å². The van der Waals surface area contributed by atoms with Gasteiger partial charge in [0.05, 0.1) is 19.9 Å². The second-order valence-corrected chi connectivity index (χ2v) is 3.78. The average Bonchev–Trinajstić information content (AvgIpc) is 2.27. The molecule has 0 fully saturated rings. The van der Waals surface area contributed by atoms with E-state index >= 15 is 0 Å². The first-order valence-electron chi connectivity index (χ1n) is 5.33. The third kappa shape index (κ3) is 3.86. The lowest BCUT2D eigenvalue weighted by molar-refractivity contribution is -0.118. The zero-order chi connectivity index (χ0) is 12.8. The van der Waals surface area contributed by atoms with Gasteiger partial charge in [-0.25, -0.2) is 0 Å². The van der Waals surface area contributed by atoms with Gasteiger partial charge in [0.25, 0.3) is 0 Å². The Balaban J connectivity index is 2.83. The number of anilines is 1. The van der Waals surface area contributed by atoms with Crippen LogP contribution in [0.15, 0.2) is 18.2 Å². The largest absolute Gasteiger partial charge is 0.497 e. The van der Waals surface area contributed by atoms with E-state index in [2.05, 4.69) is 5.32 Å². The molecule has 1 aromatic rings. The van der Waals surface area contributed by atoms with Gasteiger partial charge in [0.2, 0.25) is 5.91 Å². The highest BCUT2D eigenvalue weighted by Gasteiger charge is 2.10. The maximum atomic E-state index is 10.8. The summed E-state index contributed by atoms with van der Waals surface area (Å²) in [7, 11) is 3.18. The van der Waals surface area contributed by atoms with Crippen LogP contribution in [0, 0.1) is 0 Å². The third-order valence-electron chi connectivity index (χ3n) is 2.32. The van der Waals surface area contributed by atoms with Gasteiger partial charge >= 0.3 is 0 Å². The fourth-order valence-electron chi connectivity index (χ4n) is 1.55. The lowest BCUT2D eigenvalue weighted by Crippen LogP contribution is -2.24. The van der Waals surface area contributed by atoms with E-state index in [-0.39, 0.29) is 18.4 Å². The molecule has 0 saturated carbocycles. The van der Waals surface area contributed by atoms with Gasteiger partial charge in [-0.1, -0.05) is 0 Å².